The van der Waals surface area contributed by atoms with Crippen LogP contribution in [0.25, 0.3) is 0 Å². The number of nitrogens with one attached hydrogen (secondary N) is 1. The molecule has 15 heavy (non-hydrogen) atoms. The van der Waals surface area contributed by atoms with E-state index in [4.69, 9.17) is 0 Å². The summed E-state index contributed by atoms with van der Waals surface area (Å²) in [5.41, 5.74) is 4.31. The minimum Gasteiger partial charge on any atom is -0.274 e. The number of nitrogens with zero attached hydrogens (tertiary/aromatic N) is 1. The van der Waals surface area contributed by atoms with Crippen LogP contribution in [0.2, 0.25) is 0 Å². The van der Waals surface area contributed by atoms with E-state index >= 15 is 0 Å². The zero-order valence-electron chi connectivity index (χ0n) is 10.1. The second-order valence-electron chi connectivity index (χ2n) is 5.72. The molecule has 2 saturated carbocycles. The molecule has 0 unspecified atom stereocenters. The number of carbonyl (C=O) groups excluding carboxylic acids is 1. The van der Waals surface area contributed by atoms with Crippen LogP contribution >= 0.6 is 0 Å². The Bertz CT molecular complexity index is 333. The average Bonchev–Trinajstić information content (AvgIpc) is 2.46. The molecule has 3 nitrogen and oxygen atoms in total. The van der Waals surface area contributed by atoms with Crippen molar-refractivity contribution in [2.45, 2.75) is 47.0 Å². The molecular formula is C12H20N2O. The summed E-state index contributed by atoms with van der Waals surface area (Å²) in [4.78, 5) is 10.9. The van der Waals surface area contributed by atoms with Crippen molar-refractivity contribution >= 4 is 11.6 Å². The number of hydrazone groups is 1. The molecule has 84 valence electrons. The molecule has 2 bridgehead atoms. The number of hydrogen-bond donors (Lipinski definition) is 1. The summed E-state index contributed by atoms with van der Waals surface area (Å²) in [6.07, 6.45) is 3.58. The Morgan fingerprint density at radius 2 is 2.13 bits per heavy atom. The van der Waals surface area contributed by atoms with Gasteiger partial charge < -0.3 is 0 Å². The second kappa shape index (κ2) is 3.06. The highest BCUT2D eigenvalue weighted by Gasteiger charge is 2.59. The zero-order valence-corrected chi connectivity index (χ0v) is 10.1. The molecule has 3 heteroatoms. The van der Waals surface area contributed by atoms with Crippen molar-refractivity contribution in [2.24, 2.45) is 21.8 Å². The average molecular weight is 208 g/mol. The van der Waals surface area contributed by atoms with Crippen LogP contribution in [-0.2, 0) is 4.79 Å². The minimum absolute atomic E-state index is 0.0771. The van der Waals surface area contributed by atoms with Crippen LogP contribution in [0.15, 0.2) is 5.10 Å². The summed E-state index contributed by atoms with van der Waals surface area (Å²) >= 11 is 0. The van der Waals surface area contributed by atoms with Gasteiger partial charge in [-0.15, -0.1) is 0 Å². The fraction of sp³-hybridized carbons (Fsp3) is 0.833. The van der Waals surface area contributed by atoms with Gasteiger partial charge in [-0.2, -0.15) is 5.10 Å². The molecule has 0 aromatic carbocycles. The van der Waals surface area contributed by atoms with E-state index in [1.54, 1.807) is 0 Å². The van der Waals surface area contributed by atoms with Gasteiger partial charge in [-0.25, -0.2) is 5.43 Å². The topological polar surface area (TPSA) is 41.5 Å². The molecule has 2 fully saturated rings. The van der Waals surface area contributed by atoms with Gasteiger partial charge in [0.1, 0.15) is 0 Å². The first-order valence-electron chi connectivity index (χ1n) is 5.71. The second-order valence-corrected chi connectivity index (χ2v) is 5.72. The third kappa shape index (κ3) is 1.32. The monoisotopic (exact) mass is 208 g/mol. The normalized spacial score (nSPS) is 39.7. The molecule has 0 spiro atoms. The summed E-state index contributed by atoms with van der Waals surface area (Å²) < 4.78 is 0. The Morgan fingerprint density at radius 1 is 1.47 bits per heavy atom. The third-order valence-corrected chi connectivity index (χ3v) is 4.86. The van der Waals surface area contributed by atoms with E-state index in [1.807, 2.05) is 0 Å². The maximum absolute atomic E-state index is 10.9. The molecule has 0 aromatic heterocycles. The van der Waals surface area contributed by atoms with Crippen molar-refractivity contribution < 1.29 is 4.79 Å². The van der Waals surface area contributed by atoms with Crippen molar-refractivity contribution in [3.05, 3.63) is 0 Å². The number of amides is 1. The summed E-state index contributed by atoms with van der Waals surface area (Å²) in [5, 5.41) is 4.29. The van der Waals surface area contributed by atoms with Crippen LogP contribution < -0.4 is 5.43 Å². The Kier molecular flexibility index (Phi) is 2.18. The quantitative estimate of drug-likeness (QED) is 0.660. The molecule has 0 aromatic rings. The molecule has 2 rings (SSSR count). The van der Waals surface area contributed by atoms with Crippen molar-refractivity contribution in [2.75, 3.05) is 0 Å². The first-order valence-corrected chi connectivity index (χ1v) is 5.71. The molecule has 0 saturated heterocycles. The lowest BCUT2D eigenvalue weighted by Gasteiger charge is -2.34. The third-order valence-electron chi connectivity index (χ3n) is 4.86. The Labute approximate surface area is 91.3 Å². The first kappa shape index (κ1) is 10.7. The van der Waals surface area contributed by atoms with Crippen LogP contribution in [0.5, 0.6) is 0 Å². The molecule has 1 N–H and O–H groups in total. The largest absolute Gasteiger partial charge is 0.274 e. The summed E-state index contributed by atoms with van der Waals surface area (Å²) in [7, 11) is 0. The lowest BCUT2D eigenvalue weighted by molar-refractivity contribution is -0.118. The van der Waals surface area contributed by atoms with Crippen molar-refractivity contribution in [1.82, 2.24) is 5.43 Å². The molecule has 2 aliphatic carbocycles. The number of rotatable bonds is 1. The summed E-state index contributed by atoms with van der Waals surface area (Å²) in [5.74, 6) is 0.668. The van der Waals surface area contributed by atoms with Gasteiger partial charge in [0.15, 0.2) is 0 Å². The highest BCUT2D eigenvalue weighted by molar-refractivity contribution is 5.94. The molecule has 0 radical (unpaired) electrons. The first-order chi connectivity index (χ1) is 6.88. The van der Waals surface area contributed by atoms with Crippen molar-refractivity contribution in [3.8, 4) is 0 Å². The molecular weight excluding hydrogens is 188 g/mol. The van der Waals surface area contributed by atoms with Crippen LogP contribution in [0.1, 0.15) is 47.0 Å². The summed E-state index contributed by atoms with van der Waals surface area (Å²) in [6.45, 7) is 8.47. The minimum atomic E-state index is -0.0771. The molecule has 2 atom stereocenters. The molecule has 0 heterocycles. The molecule has 1 amide bonds. The zero-order chi connectivity index (χ0) is 11.3. The van der Waals surface area contributed by atoms with Gasteiger partial charge in [0.2, 0.25) is 5.91 Å². The van der Waals surface area contributed by atoms with E-state index in [9.17, 15) is 4.79 Å². The standard InChI is InChI=1S/C12H20N2O/c1-8(15)13-14-10-7-9-5-6-12(10,4)11(9,2)3/h9H,5-7H2,1-4H3,(H,13,15)/b14-10+/t9-,12+/m1/s1. The Balaban J connectivity index is 2.26. The van der Waals surface area contributed by atoms with Gasteiger partial charge in [0.25, 0.3) is 0 Å². The van der Waals surface area contributed by atoms with Gasteiger partial charge >= 0.3 is 0 Å². The van der Waals surface area contributed by atoms with E-state index in [0.29, 0.717) is 5.41 Å². The smallest absolute Gasteiger partial charge is 0.236 e. The Morgan fingerprint density at radius 3 is 2.53 bits per heavy atom. The fourth-order valence-electron chi connectivity index (χ4n) is 3.24. The van der Waals surface area contributed by atoms with E-state index in [0.717, 1.165) is 12.3 Å². The summed E-state index contributed by atoms with van der Waals surface area (Å²) in [6, 6.07) is 0. The lowest BCUT2D eigenvalue weighted by Crippen LogP contribution is -2.34. The maximum atomic E-state index is 10.9. The van der Waals surface area contributed by atoms with E-state index in [1.165, 1.54) is 25.5 Å². The van der Waals surface area contributed by atoms with Crippen molar-refractivity contribution in [1.29, 1.82) is 0 Å². The number of hydrogen-bond acceptors (Lipinski definition) is 2. The van der Waals surface area contributed by atoms with Gasteiger partial charge in [0, 0.05) is 18.1 Å². The van der Waals surface area contributed by atoms with Gasteiger partial charge in [-0.1, -0.05) is 20.8 Å². The van der Waals surface area contributed by atoms with E-state index in [2.05, 4.69) is 31.3 Å². The van der Waals surface area contributed by atoms with Gasteiger partial charge in [-0.3, -0.25) is 4.79 Å². The molecule has 0 aliphatic heterocycles. The van der Waals surface area contributed by atoms with Gasteiger partial charge in [0.05, 0.1) is 0 Å². The number of fused-ring (bicyclic) bond motifs is 2. The van der Waals surface area contributed by atoms with Crippen molar-refractivity contribution in [3.63, 3.8) is 0 Å². The van der Waals surface area contributed by atoms with Gasteiger partial charge in [-0.05, 0) is 30.6 Å². The van der Waals surface area contributed by atoms with Crippen LogP contribution in [0, 0.1) is 16.7 Å². The molecule has 2 aliphatic rings. The predicted octanol–water partition coefficient (Wildman–Crippen LogP) is 2.32. The van der Waals surface area contributed by atoms with Crippen LogP contribution in [0.4, 0.5) is 0 Å². The highest BCUT2D eigenvalue weighted by Crippen LogP contribution is 2.63. The lowest BCUT2D eigenvalue weighted by atomic mass is 9.70. The van der Waals surface area contributed by atoms with Crippen LogP contribution in [-0.4, -0.2) is 11.6 Å². The number of carbonyl (C=O) groups is 1. The SMILES string of the molecule is CC(=O)N/N=C1\C[C@H]2CC[C@]1(C)C2(C)C. The maximum Gasteiger partial charge on any atom is 0.236 e. The predicted molar refractivity (Wildman–Crippen MR) is 60.5 cm³/mol. The van der Waals surface area contributed by atoms with E-state index in [-0.39, 0.29) is 11.3 Å². The van der Waals surface area contributed by atoms with Crippen LogP contribution in [0.3, 0.4) is 0 Å². The van der Waals surface area contributed by atoms with E-state index < -0.39 is 0 Å². The highest BCUT2D eigenvalue weighted by atomic mass is 16.2. The Hall–Kier alpha value is -0.860. The fourth-order valence-corrected chi connectivity index (χ4v) is 3.24.